The molecule has 0 saturated heterocycles. The van der Waals surface area contributed by atoms with Crippen LogP contribution in [0.25, 0.3) is 0 Å². The predicted molar refractivity (Wildman–Crippen MR) is 78.3 cm³/mol. The number of carbonyl (C=O) groups excluding carboxylic acids is 2. The molecule has 0 N–H and O–H groups in total. The van der Waals surface area contributed by atoms with E-state index in [9.17, 15) is 9.59 Å². The zero-order valence-electron chi connectivity index (χ0n) is 12.4. The molecule has 0 spiro atoms. The van der Waals surface area contributed by atoms with Crippen LogP contribution in [-0.2, 0) is 9.59 Å². The first kappa shape index (κ1) is 15.6. The molecule has 1 rings (SSSR count). The fourth-order valence-corrected chi connectivity index (χ4v) is 2.31. The lowest BCUT2D eigenvalue weighted by atomic mass is 9.87. The molecule has 2 atom stereocenters. The van der Waals surface area contributed by atoms with Crippen molar-refractivity contribution in [2.24, 2.45) is 5.92 Å². The molecule has 0 bridgehead atoms. The van der Waals surface area contributed by atoms with Crippen LogP contribution < -0.4 is 0 Å². The van der Waals surface area contributed by atoms with Crippen molar-refractivity contribution >= 4 is 11.6 Å². The molecular formula is C17H24O2. The first-order chi connectivity index (χ1) is 8.90. The molecular weight excluding hydrogens is 236 g/mol. The molecule has 0 aliphatic rings. The monoisotopic (exact) mass is 260 g/mol. The molecule has 0 amide bonds. The Bertz CT molecular complexity index is 431. The second kappa shape index (κ2) is 7.22. The summed E-state index contributed by atoms with van der Waals surface area (Å²) in [7, 11) is 0. The van der Waals surface area contributed by atoms with Crippen LogP contribution >= 0.6 is 0 Å². The number of benzene rings is 1. The maximum Gasteiger partial charge on any atom is 0.133 e. The molecule has 0 radical (unpaired) electrons. The molecule has 0 unspecified atom stereocenters. The van der Waals surface area contributed by atoms with E-state index in [0.29, 0.717) is 12.3 Å². The molecule has 0 fully saturated rings. The zero-order valence-corrected chi connectivity index (χ0v) is 12.4. The Kier molecular flexibility index (Phi) is 5.94. The minimum atomic E-state index is -0.106. The summed E-state index contributed by atoms with van der Waals surface area (Å²) in [5.41, 5.74) is 2.56. The number of Topliss-reactive ketones (excluding diaryl/α,β-unsaturated/α-hetero) is 2. The fraction of sp³-hybridized carbons (Fsp3) is 0.529. The van der Waals surface area contributed by atoms with Gasteiger partial charge in [0.05, 0.1) is 0 Å². The van der Waals surface area contributed by atoms with E-state index < -0.39 is 0 Å². The molecule has 0 heterocycles. The number of hydrogen-bond acceptors (Lipinski definition) is 2. The van der Waals surface area contributed by atoms with Crippen molar-refractivity contribution < 1.29 is 9.59 Å². The van der Waals surface area contributed by atoms with Gasteiger partial charge in [-0.25, -0.2) is 0 Å². The number of rotatable bonds is 7. The average Bonchev–Trinajstić information content (AvgIpc) is 2.34. The Morgan fingerprint density at radius 1 is 1.05 bits per heavy atom. The molecule has 19 heavy (non-hydrogen) atoms. The Balaban J connectivity index is 2.56. The van der Waals surface area contributed by atoms with Crippen LogP contribution in [0.15, 0.2) is 24.3 Å². The van der Waals surface area contributed by atoms with Crippen LogP contribution in [0.2, 0.25) is 0 Å². The highest BCUT2D eigenvalue weighted by Crippen LogP contribution is 2.25. The van der Waals surface area contributed by atoms with E-state index in [2.05, 4.69) is 38.1 Å². The summed E-state index contributed by atoms with van der Waals surface area (Å²) in [4.78, 5) is 22.7. The van der Waals surface area contributed by atoms with E-state index in [1.807, 2.05) is 0 Å². The Morgan fingerprint density at radius 3 is 2.11 bits per heavy atom. The van der Waals surface area contributed by atoms with Crippen LogP contribution in [0.5, 0.6) is 0 Å². The van der Waals surface area contributed by atoms with Gasteiger partial charge in [0.2, 0.25) is 0 Å². The van der Waals surface area contributed by atoms with E-state index in [4.69, 9.17) is 0 Å². The first-order valence-electron chi connectivity index (χ1n) is 6.96. The van der Waals surface area contributed by atoms with E-state index in [-0.39, 0.29) is 17.5 Å². The van der Waals surface area contributed by atoms with Gasteiger partial charge >= 0.3 is 0 Å². The lowest BCUT2D eigenvalue weighted by molar-refractivity contribution is -0.126. The quantitative estimate of drug-likeness (QED) is 0.740. The summed E-state index contributed by atoms with van der Waals surface area (Å²) < 4.78 is 0. The molecule has 2 heteroatoms. The van der Waals surface area contributed by atoms with E-state index >= 15 is 0 Å². The van der Waals surface area contributed by atoms with E-state index in [1.165, 1.54) is 11.1 Å². The summed E-state index contributed by atoms with van der Waals surface area (Å²) in [6, 6.07) is 8.52. The summed E-state index contributed by atoms with van der Waals surface area (Å²) in [6.07, 6.45) is 2.13. The van der Waals surface area contributed by atoms with Crippen molar-refractivity contribution in [1.82, 2.24) is 0 Å². The van der Waals surface area contributed by atoms with Crippen LogP contribution in [0.4, 0.5) is 0 Å². The van der Waals surface area contributed by atoms with Crippen molar-refractivity contribution in [1.29, 1.82) is 0 Å². The third-order valence-electron chi connectivity index (χ3n) is 3.70. The molecule has 1 aromatic carbocycles. The Labute approximate surface area is 116 Å². The van der Waals surface area contributed by atoms with Gasteiger partial charge in [0.25, 0.3) is 0 Å². The van der Waals surface area contributed by atoms with Gasteiger partial charge in [-0.2, -0.15) is 0 Å². The second-order valence-electron chi connectivity index (χ2n) is 5.60. The van der Waals surface area contributed by atoms with Crippen molar-refractivity contribution in [3.8, 4) is 0 Å². The molecule has 0 saturated carbocycles. The third-order valence-corrected chi connectivity index (χ3v) is 3.70. The molecule has 104 valence electrons. The highest BCUT2D eigenvalue weighted by atomic mass is 16.1. The van der Waals surface area contributed by atoms with Gasteiger partial charge in [0.15, 0.2) is 0 Å². The summed E-state index contributed by atoms with van der Waals surface area (Å²) >= 11 is 0. The van der Waals surface area contributed by atoms with Gasteiger partial charge in [-0.05, 0) is 45.1 Å². The zero-order chi connectivity index (χ0) is 14.4. The van der Waals surface area contributed by atoms with Crippen LogP contribution in [0.3, 0.4) is 0 Å². The average molecular weight is 260 g/mol. The van der Waals surface area contributed by atoms with Gasteiger partial charge in [-0.15, -0.1) is 0 Å². The maximum atomic E-state index is 11.5. The van der Waals surface area contributed by atoms with E-state index in [0.717, 1.165) is 12.8 Å². The Morgan fingerprint density at radius 2 is 1.63 bits per heavy atom. The largest absolute Gasteiger partial charge is 0.300 e. The maximum absolute atomic E-state index is 11.5. The van der Waals surface area contributed by atoms with Crippen molar-refractivity contribution in [2.75, 3.05) is 0 Å². The lowest BCUT2D eigenvalue weighted by Crippen LogP contribution is -2.15. The normalized spacial score (nSPS) is 13.9. The van der Waals surface area contributed by atoms with Gasteiger partial charge in [0.1, 0.15) is 11.6 Å². The van der Waals surface area contributed by atoms with Crippen LogP contribution in [-0.4, -0.2) is 11.6 Å². The van der Waals surface area contributed by atoms with Crippen molar-refractivity contribution in [2.45, 2.75) is 52.9 Å². The van der Waals surface area contributed by atoms with Gasteiger partial charge < -0.3 is 4.79 Å². The van der Waals surface area contributed by atoms with Gasteiger partial charge in [-0.1, -0.05) is 36.8 Å². The number of hydrogen-bond donors (Lipinski definition) is 0. The van der Waals surface area contributed by atoms with Crippen molar-refractivity contribution in [3.63, 3.8) is 0 Å². The van der Waals surface area contributed by atoms with E-state index in [1.54, 1.807) is 13.8 Å². The highest BCUT2D eigenvalue weighted by Gasteiger charge is 2.17. The minimum Gasteiger partial charge on any atom is -0.300 e. The summed E-state index contributed by atoms with van der Waals surface area (Å²) in [6.45, 7) is 7.40. The van der Waals surface area contributed by atoms with Crippen molar-refractivity contribution in [3.05, 3.63) is 35.4 Å². The third kappa shape index (κ3) is 5.37. The highest BCUT2D eigenvalue weighted by molar-refractivity contribution is 5.85. The molecule has 0 aliphatic carbocycles. The van der Waals surface area contributed by atoms with Crippen LogP contribution in [0, 0.1) is 12.8 Å². The first-order valence-corrected chi connectivity index (χ1v) is 6.96. The smallest absolute Gasteiger partial charge is 0.133 e. The van der Waals surface area contributed by atoms with Gasteiger partial charge in [-0.3, -0.25) is 4.79 Å². The molecule has 0 aliphatic heterocycles. The summed E-state index contributed by atoms with van der Waals surface area (Å²) in [5, 5.41) is 0. The molecule has 0 aromatic heterocycles. The molecule has 2 nitrogen and oxygen atoms in total. The summed E-state index contributed by atoms with van der Waals surface area (Å²) in [5.74, 6) is 0.550. The standard InChI is InChI=1S/C17H24O2/c1-12-5-8-16(9-6-12)13(2)7-10-17(15(4)19)11-14(3)18/h5-6,8-9,13,17H,7,10-11H2,1-4H3/t13-,17+/m0/s1. The SMILES string of the molecule is CC(=O)C[C@@H](CC[C@H](C)c1ccc(C)cc1)C(C)=O. The molecule has 1 aromatic rings. The Hall–Kier alpha value is -1.44. The lowest BCUT2D eigenvalue weighted by Gasteiger charge is -2.16. The number of ketones is 2. The number of carbonyl (C=O) groups is 2. The van der Waals surface area contributed by atoms with Crippen LogP contribution in [0.1, 0.15) is 57.1 Å². The topological polar surface area (TPSA) is 34.1 Å². The minimum absolute atomic E-state index is 0.100. The number of aryl methyl sites for hydroxylation is 1. The fourth-order valence-electron chi connectivity index (χ4n) is 2.31. The van der Waals surface area contributed by atoms with Gasteiger partial charge in [0, 0.05) is 12.3 Å². The predicted octanol–water partition coefficient (Wildman–Crippen LogP) is 4.06. The second-order valence-corrected chi connectivity index (χ2v) is 5.60.